The smallest absolute Gasteiger partial charge is 0.269 e. The molecule has 1 aromatic carbocycles. The molecule has 1 heterocycles. The van der Waals surface area contributed by atoms with Gasteiger partial charge in [-0.25, -0.2) is 0 Å². The number of hydrazine groups is 1. The second-order valence-electron chi connectivity index (χ2n) is 5.24. The second-order valence-corrected chi connectivity index (χ2v) is 5.63. The average Bonchev–Trinajstić information content (AvgIpc) is 2.94. The fourth-order valence-corrected chi connectivity index (χ4v) is 2.39. The minimum absolute atomic E-state index is 0.0196. The highest BCUT2D eigenvalue weighted by Crippen LogP contribution is 2.11. The van der Waals surface area contributed by atoms with Crippen LogP contribution >= 0.6 is 12.2 Å². The lowest BCUT2D eigenvalue weighted by atomic mass is 10.2. The number of nitrogens with zero attached hydrogens (tertiary/aromatic N) is 2. The molecule has 9 heteroatoms. The van der Waals surface area contributed by atoms with E-state index in [1.165, 1.54) is 0 Å². The van der Waals surface area contributed by atoms with Crippen LogP contribution in [-0.2, 0) is 17.8 Å². The molecule has 0 aliphatic heterocycles. The van der Waals surface area contributed by atoms with Crippen LogP contribution < -0.4 is 15.6 Å². The van der Waals surface area contributed by atoms with E-state index in [0.717, 1.165) is 6.42 Å². The lowest BCUT2D eigenvalue weighted by Gasteiger charge is -2.09. The zero-order valence-electron chi connectivity index (χ0n) is 14.2. The molecular formula is C16H21N5O3S. The predicted octanol–water partition coefficient (Wildman–Crippen LogP) is 1.75. The fourth-order valence-electron chi connectivity index (χ4n) is 2.18. The van der Waals surface area contributed by atoms with Crippen LogP contribution in [0.3, 0.4) is 0 Å². The van der Waals surface area contributed by atoms with Gasteiger partial charge in [0, 0.05) is 12.0 Å². The third-order valence-electron chi connectivity index (χ3n) is 3.36. The number of benzene rings is 1. The maximum Gasteiger partial charge on any atom is 0.269 e. The molecule has 2 rings (SSSR count). The van der Waals surface area contributed by atoms with Gasteiger partial charge in [0.2, 0.25) is 0 Å². The van der Waals surface area contributed by atoms with Crippen LogP contribution in [0.25, 0.3) is 0 Å². The van der Waals surface area contributed by atoms with Crippen LogP contribution in [0.5, 0.6) is 5.75 Å². The van der Waals surface area contributed by atoms with Gasteiger partial charge >= 0.3 is 0 Å². The van der Waals surface area contributed by atoms with Crippen LogP contribution in [0.2, 0.25) is 0 Å². The first-order valence-electron chi connectivity index (χ1n) is 8.01. The number of aromatic nitrogens is 3. The molecule has 134 valence electrons. The van der Waals surface area contributed by atoms with Gasteiger partial charge in [-0.3, -0.25) is 30.1 Å². The fraction of sp³-hybridized carbons (Fsp3) is 0.375. The Hall–Kier alpha value is -2.68. The minimum atomic E-state index is -0.416. The summed E-state index contributed by atoms with van der Waals surface area (Å²) in [6.07, 6.45) is 1.59. The number of ether oxygens (including phenoxy) is 1. The largest absolute Gasteiger partial charge is 0.494 e. The molecule has 1 aromatic heterocycles. The molecular weight excluding hydrogens is 342 g/mol. The number of rotatable bonds is 7. The number of carbonyl (C=O) groups is 2. The maximum absolute atomic E-state index is 12.0. The first-order chi connectivity index (χ1) is 12.0. The number of aryl methyl sites for hydroxylation is 1. The van der Waals surface area contributed by atoms with Crippen molar-refractivity contribution in [3.8, 4) is 5.75 Å². The first-order valence-corrected chi connectivity index (χ1v) is 8.42. The quantitative estimate of drug-likeness (QED) is 0.514. The molecule has 3 N–H and O–H groups in total. The normalized spacial score (nSPS) is 10.3. The van der Waals surface area contributed by atoms with E-state index in [-0.39, 0.29) is 6.54 Å². The summed E-state index contributed by atoms with van der Waals surface area (Å²) in [5.74, 6) is 0.580. The van der Waals surface area contributed by atoms with Gasteiger partial charge < -0.3 is 4.74 Å². The number of hydrogen-bond acceptors (Lipinski definition) is 5. The summed E-state index contributed by atoms with van der Waals surface area (Å²) >= 11 is 5.12. The van der Waals surface area contributed by atoms with Gasteiger partial charge in [-0.2, -0.15) is 5.10 Å². The Bertz CT molecular complexity index is 782. The van der Waals surface area contributed by atoms with E-state index in [2.05, 4.69) is 21.0 Å². The third kappa shape index (κ3) is 5.15. The number of carbonyl (C=O) groups excluding carboxylic acids is 2. The van der Waals surface area contributed by atoms with Gasteiger partial charge in [-0.1, -0.05) is 6.92 Å². The van der Waals surface area contributed by atoms with E-state index in [0.29, 0.717) is 34.9 Å². The van der Waals surface area contributed by atoms with Crippen molar-refractivity contribution >= 4 is 24.0 Å². The van der Waals surface area contributed by atoms with Gasteiger partial charge in [0.15, 0.2) is 4.77 Å². The summed E-state index contributed by atoms with van der Waals surface area (Å²) < 4.78 is 7.30. The molecule has 2 aromatic rings. The highest BCUT2D eigenvalue weighted by Gasteiger charge is 2.11. The SMILES string of the molecule is CCCc1n[nH]c(=S)n1CC(=O)NNC(=O)c1ccc(OCC)cc1. The van der Waals surface area contributed by atoms with Gasteiger partial charge in [-0.05, 0) is 49.8 Å². The predicted molar refractivity (Wildman–Crippen MR) is 94.6 cm³/mol. The second kappa shape index (κ2) is 8.97. The van der Waals surface area contributed by atoms with Gasteiger partial charge in [0.05, 0.1) is 6.61 Å². The monoisotopic (exact) mass is 363 g/mol. The van der Waals surface area contributed by atoms with Crippen LogP contribution in [-0.4, -0.2) is 33.2 Å². The standard InChI is InChI=1S/C16H21N5O3S/c1-3-5-13-17-20-16(25)21(13)10-14(22)18-19-15(23)11-6-8-12(9-7-11)24-4-2/h6-9H,3-5,10H2,1-2H3,(H,18,22)(H,19,23)(H,20,25). The van der Waals surface area contributed by atoms with Crippen molar-refractivity contribution in [2.45, 2.75) is 33.2 Å². The van der Waals surface area contributed by atoms with Crippen molar-refractivity contribution in [3.05, 3.63) is 40.4 Å². The van der Waals surface area contributed by atoms with E-state index in [4.69, 9.17) is 17.0 Å². The van der Waals surface area contributed by atoms with E-state index >= 15 is 0 Å². The molecule has 8 nitrogen and oxygen atoms in total. The van der Waals surface area contributed by atoms with Crippen molar-refractivity contribution in [2.24, 2.45) is 0 Å². The molecule has 25 heavy (non-hydrogen) atoms. The van der Waals surface area contributed by atoms with E-state index in [1.807, 2.05) is 13.8 Å². The third-order valence-corrected chi connectivity index (χ3v) is 3.67. The summed E-state index contributed by atoms with van der Waals surface area (Å²) in [6, 6.07) is 6.64. The summed E-state index contributed by atoms with van der Waals surface area (Å²) in [6.45, 7) is 4.43. The zero-order valence-corrected chi connectivity index (χ0v) is 15.0. The molecule has 0 fully saturated rings. The summed E-state index contributed by atoms with van der Waals surface area (Å²) in [5.41, 5.74) is 5.17. The molecule has 0 aliphatic carbocycles. The molecule has 0 unspecified atom stereocenters. The number of nitrogens with one attached hydrogen (secondary N) is 3. The lowest BCUT2D eigenvalue weighted by molar-refractivity contribution is -0.122. The molecule has 0 radical (unpaired) electrons. The Kier molecular flexibility index (Phi) is 6.70. The summed E-state index contributed by atoms with van der Waals surface area (Å²) in [4.78, 5) is 24.1. The topological polar surface area (TPSA) is 101 Å². The summed E-state index contributed by atoms with van der Waals surface area (Å²) in [7, 11) is 0. The first kappa shape index (κ1) is 18.7. The summed E-state index contributed by atoms with van der Waals surface area (Å²) in [5, 5.41) is 6.76. The Morgan fingerprint density at radius 1 is 1.24 bits per heavy atom. The van der Waals surface area contributed by atoms with Gasteiger partial charge in [-0.15, -0.1) is 0 Å². The lowest BCUT2D eigenvalue weighted by Crippen LogP contribution is -2.43. The molecule has 0 aliphatic rings. The Labute approximate surface area is 150 Å². The van der Waals surface area contributed by atoms with Crippen molar-refractivity contribution in [2.75, 3.05) is 6.61 Å². The highest BCUT2D eigenvalue weighted by molar-refractivity contribution is 7.71. The highest BCUT2D eigenvalue weighted by atomic mass is 32.1. The average molecular weight is 363 g/mol. The number of amides is 2. The van der Waals surface area contributed by atoms with Crippen molar-refractivity contribution < 1.29 is 14.3 Å². The Morgan fingerprint density at radius 2 is 1.96 bits per heavy atom. The maximum atomic E-state index is 12.0. The number of aromatic amines is 1. The van der Waals surface area contributed by atoms with Crippen molar-refractivity contribution in [1.82, 2.24) is 25.6 Å². The molecule has 0 bridgehead atoms. The van der Waals surface area contributed by atoms with E-state index in [9.17, 15) is 9.59 Å². The van der Waals surface area contributed by atoms with E-state index < -0.39 is 11.8 Å². The molecule has 0 atom stereocenters. The molecule has 0 saturated heterocycles. The van der Waals surface area contributed by atoms with Crippen LogP contribution in [0.4, 0.5) is 0 Å². The van der Waals surface area contributed by atoms with Gasteiger partial charge in [0.25, 0.3) is 11.8 Å². The number of H-pyrrole nitrogens is 1. The van der Waals surface area contributed by atoms with Crippen LogP contribution in [0, 0.1) is 4.77 Å². The van der Waals surface area contributed by atoms with Crippen molar-refractivity contribution in [1.29, 1.82) is 0 Å². The Balaban J connectivity index is 1.90. The van der Waals surface area contributed by atoms with Crippen molar-refractivity contribution in [3.63, 3.8) is 0 Å². The van der Waals surface area contributed by atoms with Gasteiger partial charge in [0.1, 0.15) is 18.1 Å². The minimum Gasteiger partial charge on any atom is -0.494 e. The van der Waals surface area contributed by atoms with E-state index in [1.54, 1.807) is 28.8 Å². The zero-order chi connectivity index (χ0) is 18.2. The molecule has 0 spiro atoms. The van der Waals surface area contributed by atoms with Crippen LogP contribution in [0.1, 0.15) is 36.5 Å². The Morgan fingerprint density at radius 3 is 2.60 bits per heavy atom. The molecule has 0 saturated carbocycles. The van der Waals surface area contributed by atoms with Crippen LogP contribution in [0.15, 0.2) is 24.3 Å². The number of hydrogen-bond donors (Lipinski definition) is 3. The molecule has 2 amide bonds.